The molecule has 1 aliphatic heterocycles. The Hall–Kier alpha value is -2.51. The van der Waals surface area contributed by atoms with Crippen LogP contribution in [0.3, 0.4) is 0 Å². The predicted molar refractivity (Wildman–Crippen MR) is 104 cm³/mol. The van der Waals surface area contributed by atoms with Gasteiger partial charge < -0.3 is 14.8 Å². The number of benzene rings is 1. The first-order chi connectivity index (χ1) is 13.0. The second kappa shape index (κ2) is 8.45. The molecule has 6 nitrogen and oxygen atoms in total. The van der Waals surface area contributed by atoms with Gasteiger partial charge in [0.05, 0.1) is 23.9 Å². The number of likely N-dealkylation sites (N-methyl/N-ethyl adjacent to an activating group) is 1. The molecular formula is C19H19ClN2O4S. The third kappa shape index (κ3) is 4.26. The number of hydrogen-bond acceptors (Lipinski definition) is 5. The number of esters is 1. The number of amides is 2. The maximum atomic E-state index is 12.7. The number of carbonyl (C=O) groups is 2. The van der Waals surface area contributed by atoms with Gasteiger partial charge in [0.1, 0.15) is 12.4 Å². The van der Waals surface area contributed by atoms with Crippen LogP contribution in [0.1, 0.15) is 18.5 Å². The third-order valence-corrected chi connectivity index (χ3v) is 5.06. The van der Waals surface area contributed by atoms with E-state index in [1.54, 1.807) is 38.2 Å². The van der Waals surface area contributed by atoms with Crippen molar-refractivity contribution >= 4 is 34.9 Å². The molecule has 1 atom stereocenters. The number of nitrogens with zero attached hydrogens (tertiary/aromatic N) is 1. The van der Waals surface area contributed by atoms with Gasteiger partial charge in [0, 0.05) is 12.1 Å². The van der Waals surface area contributed by atoms with Crippen molar-refractivity contribution in [1.82, 2.24) is 10.2 Å². The first-order valence-electron chi connectivity index (χ1n) is 8.36. The lowest BCUT2D eigenvalue weighted by Crippen LogP contribution is -2.48. The lowest BCUT2D eigenvalue weighted by Gasteiger charge is -2.34. The maximum Gasteiger partial charge on any atom is 0.338 e. The molecule has 1 aromatic carbocycles. The summed E-state index contributed by atoms with van der Waals surface area (Å²) in [5, 5.41) is 7.18. The normalized spacial score (nSPS) is 16.9. The van der Waals surface area contributed by atoms with Gasteiger partial charge in [0.2, 0.25) is 0 Å². The van der Waals surface area contributed by atoms with Gasteiger partial charge >= 0.3 is 12.0 Å². The lowest BCUT2D eigenvalue weighted by molar-refractivity contribution is -0.139. The monoisotopic (exact) mass is 406 g/mol. The van der Waals surface area contributed by atoms with E-state index >= 15 is 0 Å². The van der Waals surface area contributed by atoms with E-state index in [1.807, 2.05) is 16.8 Å². The minimum atomic E-state index is -0.586. The number of urea groups is 1. The summed E-state index contributed by atoms with van der Waals surface area (Å²) in [5.74, 6) is 0.0647. The third-order valence-electron chi connectivity index (χ3n) is 4.12. The van der Waals surface area contributed by atoms with Crippen molar-refractivity contribution in [3.05, 3.63) is 62.9 Å². The van der Waals surface area contributed by atoms with Crippen LogP contribution in [0, 0.1) is 0 Å². The van der Waals surface area contributed by atoms with Crippen LogP contribution in [0.5, 0.6) is 5.75 Å². The first kappa shape index (κ1) is 19.3. The van der Waals surface area contributed by atoms with Gasteiger partial charge in [-0.3, -0.25) is 4.90 Å². The molecule has 0 fully saturated rings. The predicted octanol–water partition coefficient (Wildman–Crippen LogP) is 3.99. The van der Waals surface area contributed by atoms with Gasteiger partial charge in [-0.15, -0.1) is 0 Å². The SMILES string of the molecule is CCOC(=O)C1=C(COc2cccc(Cl)c2)N(C)C(=O)N[C@H]1c1ccsc1. The molecule has 1 aromatic heterocycles. The van der Waals surface area contributed by atoms with Gasteiger partial charge in [0.15, 0.2) is 0 Å². The summed E-state index contributed by atoms with van der Waals surface area (Å²) >= 11 is 7.48. The van der Waals surface area contributed by atoms with Crippen LogP contribution in [0.2, 0.25) is 5.02 Å². The fourth-order valence-electron chi connectivity index (χ4n) is 2.78. The molecular weight excluding hydrogens is 388 g/mol. The van der Waals surface area contributed by atoms with Crippen LogP contribution in [0.15, 0.2) is 52.4 Å². The van der Waals surface area contributed by atoms with E-state index in [2.05, 4.69) is 5.32 Å². The van der Waals surface area contributed by atoms with Gasteiger partial charge in [-0.25, -0.2) is 9.59 Å². The highest BCUT2D eigenvalue weighted by atomic mass is 35.5. The molecule has 0 bridgehead atoms. The number of nitrogens with one attached hydrogen (secondary N) is 1. The minimum absolute atomic E-state index is 0.0268. The first-order valence-corrected chi connectivity index (χ1v) is 9.68. The van der Waals surface area contributed by atoms with E-state index in [-0.39, 0.29) is 19.2 Å². The highest BCUT2D eigenvalue weighted by molar-refractivity contribution is 7.08. The van der Waals surface area contributed by atoms with E-state index in [1.165, 1.54) is 16.2 Å². The van der Waals surface area contributed by atoms with Crippen molar-refractivity contribution in [1.29, 1.82) is 0 Å². The molecule has 0 saturated carbocycles. The van der Waals surface area contributed by atoms with Crippen molar-refractivity contribution in [3.63, 3.8) is 0 Å². The Morgan fingerprint density at radius 1 is 1.37 bits per heavy atom. The van der Waals surface area contributed by atoms with Crippen molar-refractivity contribution in [2.45, 2.75) is 13.0 Å². The summed E-state index contributed by atoms with van der Waals surface area (Å²) in [7, 11) is 1.59. The van der Waals surface area contributed by atoms with E-state index in [9.17, 15) is 9.59 Å². The molecule has 8 heteroatoms. The van der Waals surface area contributed by atoms with Crippen molar-refractivity contribution in [2.75, 3.05) is 20.3 Å². The van der Waals surface area contributed by atoms with Gasteiger partial charge in [0.25, 0.3) is 0 Å². The van der Waals surface area contributed by atoms with Gasteiger partial charge in [-0.05, 0) is 47.5 Å². The lowest BCUT2D eigenvalue weighted by atomic mass is 9.97. The summed E-state index contributed by atoms with van der Waals surface area (Å²) in [6, 6.07) is 7.91. The Morgan fingerprint density at radius 2 is 2.19 bits per heavy atom. The fraction of sp³-hybridized carbons (Fsp3) is 0.263. The Kier molecular flexibility index (Phi) is 6.03. The van der Waals surface area contributed by atoms with Crippen LogP contribution < -0.4 is 10.1 Å². The Morgan fingerprint density at radius 3 is 2.85 bits per heavy atom. The molecule has 142 valence electrons. The summed E-state index contributed by atoms with van der Waals surface area (Å²) in [6.45, 7) is 2.00. The summed E-state index contributed by atoms with van der Waals surface area (Å²) in [6.07, 6.45) is 0. The van der Waals surface area contributed by atoms with Gasteiger partial charge in [-0.1, -0.05) is 17.7 Å². The molecule has 1 aliphatic rings. The number of hydrogen-bond donors (Lipinski definition) is 1. The van der Waals surface area contributed by atoms with Crippen molar-refractivity contribution < 1.29 is 19.1 Å². The number of ether oxygens (including phenoxy) is 2. The zero-order valence-corrected chi connectivity index (χ0v) is 16.5. The quantitative estimate of drug-likeness (QED) is 0.736. The minimum Gasteiger partial charge on any atom is -0.487 e. The maximum absolute atomic E-state index is 12.7. The van der Waals surface area contributed by atoms with E-state index in [0.717, 1.165) is 5.56 Å². The van der Waals surface area contributed by atoms with Gasteiger partial charge in [-0.2, -0.15) is 11.3 Å². The smallest absolute Gasteiger partial charge is 0.338 e. The molecule has 27 heavy (non-hydrogen) atoms. The van der Waals surface area contributed by atoms with Crippen LogP contribution in [0.4, 0.5) is 4.79 Å². The molecule has 2 heterocycles. The second-order valence-corrected chi connectivity index (χ2v) is 7.04. The molecule has 3 rings (SSSR count). The highest BCUT2D eigenvalue weighted by Crippen LogP contribution is 2.32. The number of carbonyl (C=O) groups excluding carboxylic acids is 2. The molecule has 2 aromatic rings. The zero-order chi connectivity index (χ0) is 19.4. The standard InChI is InChI=1S/C19H19ClN2O4S/c1-3-25-18(23)16-15(10-26-14-6-4-5-13(20)9-14)22(2)19(24)21-17(16)12-7-8-27-11-12/h4-9,11,17H,3,10H2,1-2H3,(H,21,24)/t17-/m0/s1. The number of rotatable bonds is 6. The average molecular weight is 407 g/mol. The summed E-state index contributed by atoms with van der Waals surface area (Å²) in [4.78, 5) is 26.5. The van der Waals surface area contributed by atoms with Crippen LogP contribution in [0.25, 0.3) is 0 Å². The Labute approximate surface area is 166 Å². The average Bonchev–Trinajstić information content (AvgIpc) is 3.17. The topological polar surface area (TPSA) is 67.9 Å². The molecule has 0 saturated heterocycles. The zero-order valence-electron chi connectivity index (χ0n) is 14.9. The van der Waals surface area contributed by atoms with E-state index in [0.29, 0.717) is 22.0 Å². The molecule has 0 aliphatic carbocycles. The largest absolute Gasteiger partial charge is 0.487 e. The van der Waals surface area contributed by atoms with E-state index < -0.39 is 12.0 Å². The molecule has 1 N–H and O–H groups in total. The van der Waals surface area contributed by atoms with Crippen LogP contribution in [-0.4, -0.2) is 37.2 Å². The Bertz CT molecular complexity index is 866. The number of halogens is 1. The van der Waals surface area contributed by atoms with Crippen LogP contribution >= 0.6 is 22.9 Å². The van der Waals surface area contributed by atoms with Crippen molar-refractivity contribution in [2.24, 2.45) is 0 Å². The molecule has 0 spiro atoms. The second-order valence-electron chi connectivity index (χ2n) is 5.83. The Balaban J connectivity index is 1.99. The summed E-state index contributed by atoms with van der Waals surface area (Å²) in [5.41, 5.74) is 1.64. The number of thiophene rings is 1. The fourth-order valence-corrected chi connectivity index (χ4v) is 3.65. The summed E-state index contributed by atoms with van der Waals surface area (Å²) < 4.78 is 11.0. The molecule has 0 unspecified atom stereocenters. The molecule has 0 radical (unpaired) electrons. The highest BCUT2D eigenvalue weighted by Gasteiger charge is 2.37. The molecule has 2 amide bonds. The van der Waals surface area contributed by atoms with E-state index in [4.69, 9.17) is 21.1 Å². The van der Waals surface area contributed by atoms with Crippen LogP contribution in [-0.2, 0) is 9.53 Å². The van der Waals surface area contributed by atoms with Crippen molar-refractivity contribution in [3.8, 4) is 5.75 Å².